The van der Waals surface area contributed by atoms with Gasteiger partial charge in [-0.15, -0.1) is 0 Å². The third kappa shape index (κ3) is 4.78. The van der Waals surface area contributed by atoms with Gasteiger partial charge in [-0.2, -0.15) is 4.98 Å². The molecule has 3 aromatic carbocycles. The molecule has 1 N–H and O–H groups in total. The molecule has 0 bridgehead atoms. The summed E-state index contributed by atoms with van der Waals surface area (Å²) in [7, 11) is -4.04. The van der Waals surface area contributed by atoms with Crippen molar-refractivity contribution in [2.24, 2.45) is 0 Å². The van der Waals surface area contributed by atoms with Crippen LogP contribution < -0.4 is 5.32 Å². The highest BCUT2D eigenvalue weighted by molar-refractivity contribution is 7.91. The van der Waals surface area contributed by atoms with Crippen LogP contribution in [0.1, 0.15) is 5.56 Å². The molecule has 1 heterocycles. The predicted octanol–water partition coefficient (Wildman–Crippen LogP) is 5.62. The van der Waals surface area contributed by atoms with Crippen molar-refractivity contribution in [1.29, 1.82) is 0 Å². The third-order valence-corrected chi connectivity index (χ3v) is 6.54. The molecule has 1 aromatic heterocycles. The van der Waals surface area contributed by atoms with Gasteiger partial charge in [-0.05, 0) is 60.5 Å². The highest BCUT2D eigenvalue weighted by Gasteiger charge is 2.28. The number of sulfone groups is 1. The molecule has 0 saturated heterocycles. The van der Waals surface area contributed by atoms with Crippen molar-refractivity contribution in [3.63, 3.8) is 0 Å². The second-order valence-corrected chi connectivity index (χ2v) is 9.08. The maximum atomic E-state index is 13.3. The van der Waals surface area contributed by atoms with Gasteiger partial charge in [-0.25, -0.2) is 12.8 Å². The van der Waals surface area contributed by atoms with E-state index in [1.54, 1.807) is 24.3 Å². The monoisotopic (exact) mass is 456 g/mol. The lowest BCUT2D eigenvalue weighted by Crippen LogP contribution is -2.09. The fourth-order valence-electron chi connectivity index (χ4n) is 3.01. The Hall–Kier alpha value is -3.16. The second kappa shape index (κ2) is 8.91. The summed E-state index contributed by atoms with van der Waals surface area (Å²) >= 11 is 5.94. The van der Waals surface area contributed by atoms with Crippen LogP contribution >= 0.6 is 11.6 Å². The van der Waals surface area contributed by atoms with Crippen LogP contribution in [0.15, 0.2) is 93.2 Å². The number of halogens is 2. The number of anilines is 1. The summed E-state index contributed by atoms with van der Waals surface area (Å²) < 4.78 is 45.5. The van der Waals surface area contributed by atoms with E-state index in [1.165, 1.54) is 12.1 Å². The molecule has 4 aromatic rings. The zero-order valence-corrected chi connectivity index (χ0v) is 17.8. The number of aromatic nitrogens is 1. The quantitative estimate of drug-likeness (QED) is 0.365. The second-order valence-electron chi connectivity index (χ2n) is 6.78. The van der Waals surface area contributed by atoms with Gasteiger partial charge >= 0.3 is 0 Å². The van der Waals surface area contributed by atoms with E-state index in [2.05, 4.69) is 10.3 Å². The van der Waals surface area contributed by atoms with Crippen molar-refractivity contribution in [2.45, 2.75) is 16.3 Å². The van der Waals surface area contributed by atoms with Gasteiger partial charge in [-0.1, -0.05) is 41.9 Å². The number of nitrogens with one attached hydrogen (secondary N) is 1. The van der Waals surface area contributed by atoms with Gasteiger partial charge in [-0.3, -0.25) is 0 Å². The van der Waals surface area contributed by atoms with Gasteiger partial charge in [0.25, 0.3) is 0 Å². The van der Waals surface area contributed by atoms with Crippen LogP contribution in [0, 0.1) is 5.82 Å². The van der Waals surface area contributed by atoms with Gasteiger partial charge in [0.05, 0.1) is 4.90 Å². The molecule has 0 aliphatic carbocycles. The van der Waals surface area contributed by atoms with Gasteiger partial charge in [0.1, 0.15) is 5.82 Å². The van der Waals surface area contributed by atoms with Crippen LogP contribution in [0.5, 0.6) is 0 Å². The maximum Gasteiger partial charge on any atom is 0.233 e. The fourth-order valence-corrected chi connectivity index (χ4v) is 4.41. The summed E-state index contributed by atoms with van der Waals surface area (Å²) in [6.45, 7) is 0.436. The van der Waals surface area contributed by atoms with E-state index < -0.39 is 15.7 Å². The fraction of sp³-hybridized carbons (Fsp3) is 0.0870. The minimum atomic E-state index is -4.04. The summed E-state index contributed by atoms with van der Waals surface area (Å²) in [4.78, 5) is 4.18. The van der Waals surface area contributed by atoms with Crippen molar-refractivity contribution >= 4 is 27.3 Å². The number of hydrogen-bond donors (Lipinski definition) is 1. The molecular formula is C23H18ClFN2O3S. The molecule has 0 atom stereocenters. The van der Waals surface area contributed by atoms with Gasteiger partial charge in [0.15, 0.2) is 0 Å². The smallest absolute Gasteiger partial charge is 0.233 e. The molecule has 8 heteroatoms. The number of rotatable bonds is 7. The third-order valence-electron chi connectivity index (χ3n) is 4.61. The molecular weight excluding hydrogens is 439 g/mol. The maximum absolute atomic E-state index is 13.3. The molecule has 0 radical (unpaired) electrons. The van der Waals surface area contributed by atoms with Crippen LogP contribution in [0.4, 0.5) is 10.3 Å². The van der Waals surface area contributed by atoms with E-state index in [0.29, 0.717) is 23.6 Å². The summed E-state index contributed by atoms with van der Waals surface area (Å²) in [5, 5.41) is 3.33. The lowest BCUT2D eigenvalue weighted by atomic mass is 10.1. The Morgan fingerprint density at radius 2 is 1.61 bits per heavy atom. The van der Waals surface area contributed by atoms with Crippen molar-refractivity contribution < 1.29 is 17.2 Å². The van der Waals surface area contributed by atoms with Crippen LogP contribution in [-0.2, 0) is 16.3 Å². The Kier molecular flexibility index (Phi) is 6.06. The van der Waals surface area contributed by atoms with Crippen molar-refractivity contribution in [1.82, 2.24) is 4.98 Å². The Balaban J connectivity index is 1.69. The number of benzene rings is 3. The minimum absolute atomic E-state index is 0.0326. The first-order valence-electron chi connectivity index (χ1n) is 9.49. The van der Waals surface area contributed by atoms with E-state index >= 15 is 0 Å². The standard InChI is InChI=1S/C23H18ClFN2O3S/c24-18-8-6-17(7-9-18)21-27-23(31(28,29)20-12-10-19(25)11-13-20)22(30-21)26-15-14-16-4-2-1-3-5-16/h1-13,26H,14-15H2. The lowest BCUT2D eigenvalue weighted by Gasteiger charge is -2.06. The number of nitrogens with zero attached hydrogens (tertiary/aromatic N) is 1. The topological polar surface area (TPSA) is 72.2 Å². The summed E-state index contributed by atoms with van der Waals surface area (Å²) in [6.07, 6.45) is 0.661. The molecule has 31 heavy (non-hydrogen) atoms. The Morgan fingerprint density at radius 1 is 0.935 bits per heavy atom. The SMILES string of the molecule is O=S(=O)(c1ccc(F)cc1)c1nc(-c2ccc(Cl)cc2)oc1NCCc1ccccc1. The van der Waals surface area contributed by atoms with E-state index in [0.717, 1.165) is 17.7 Å². The molecule has 0 amide bonds. The van der Waals surface area contributed by atoms with E-state index in [1.807, 2.05) is 30.3 Å². The molecule has 0 unspecified atom stereocenters. The molecule has 4 rings (SSSR count). The Bertz CT molecular complexity index is 1270. The molecule has 158 valence electrons. The Labute approximate surface area is 184 Å². The normalized spacial score (nSPS) is 11.4. The van der Waals surface area contributed by atoms with E-state index in [9.17, 15) is 12.8 Å². The first-order valence-corrected chi connectivity index (χ1v) is 11.3. The average molecular weight is 457 g/mol. The van der Waals surface area contributed by atoms with E-state index in [-0.39, 0.29) is 21.7 Å². The molecule has 0 saturated carbocycles. The van der Waals surface area contributed by atoms with Gasteiger partial charge < -0.3 is 9.73 Å². The molecule has 0 aliphatic rings. The first kappa shape index (κ1) is 21.1. The van der Waals surface area contributed by atoms with Crippen LogP contribution in [0.3, 0.4) is 0 Å². The Morgan fingerprint density at radius 3 is 2.29 bits per heavy atom. The van der Waals surface area contributed by atoms with Crippen molar-refractivity contribution in [2.75, 3.05) is 11.9 Å². The van der Waals surface area contributed by atoms with Gasteiger partial charge in [0, 0.05) is 17.1 Å². The number of hydrogen-bond acceptors (Lipinski definition) is 5. The average Bonchev–Trinajstić information content (AvgIpc) is 3.20. The summed E-state index contributed by atoms with van der Waals surface area (Å²) in [5.41, 5.74) is 1.67. The largest absolute Gasteiger partial charge is 0.419 e. The minimum Gasteiger partial charge on any atom is -0.419 e. The van der Waals surface area contributed by atoms with Crippen LogP contribution in [-0.4, -0.2) is 19.9 Å². The van der Waals surface area contributed by atoms with E-state index in [4.69, 9.17) is 16.0 Å². The molecule has 0 aliphatic heterocycles. The summed E-state index contributed by atoms with van der Waals surface area (Å²) in [6, 6.07) is 21.1. The van der Waals surface area contributed by atoms with Gasteiger partial charge in [0.2, 0.25) is 26.6 Å². The predicted molar refractivity (Wildman–Crippen MR) is 117 cm³/mol. The van der Waals surface area contributed by atoms with Crippen LogP contribution in [0.2, 0.25) is 5.02 Å². The first-order chi connectivity index (χ1) is 14.9. The molecule has 0 fully saturated rings. The lowest BCUT2D eigenvalue weighted by molar-refractivity contribution is 0.576. The highest BCUT2D eigenvalue weighted by Crippen LogP contribution is 2.32. The zero-order valence-electron chi connectivity index (χ0n) is 16.3. The van der Waals surface area contributed by atoms with Crippen molar-refractivity contribution in [3.8, 4) is 11.5 Å². The molecule has 5 nitrogen and oxygen atoms in total. The summed E-state index contributed by atoms with van der Waals surface area (Å²) in [5.74, 6) is -0.355. The van der Waals surface area contributed by atoms with Crippen molar-refractivity contribution in [3.05, 3.63) is 95.3 Å². The number of oxazole rings is 1. The zero-order chi connectivity index (χ0) is 21.8. The van der Waals surface area contributed by atoms with Crippen LogP contribution in [0.25, 0.3) is 11.5 Å². The highest BCUT2D eigenvalue weighted by atomic mass is 35.5. The molecule has 0 spiro atoms.